The molecule has 2 aliphatic rings. The van der Waals surface area contributed by atoms with E-state index in [1.165, 1.54) is 47.0 Å². The molecule has 1 aromatic carbocycles. The minimum absolute atomic E-state index is 0.0954. The molecule has 2 aliphatic carbocycles. The van der Waals surface area contributed by atoms with E-state index in [9.17, 15) is 4.79 Å². The van der Waals surface area contributed by atoms with Crippen LogP contribution in [0, 0.1) is 18.8 Å². The molecule has 2 fully saturated rings. The van der Waals surface area contributed by atoms with Gasteiger partial charge in [0.2, 0.25) is 0 Å². The number of carbonyl (C=O) groups excluding carboxylic acids is 1. The van der Waals surface area contributed by atoms with Crippen LogP contribution in [-0.4, -0.2) is 16.5 Å². The Kier molecular flexibility index (Phi) is 3.89. The van der Waals surface area contributed by atoms with Crippen molar-refractivity contribution in [2.45, 2.75) is 45.2 Å². The standard InChI is InChI=1S/C22H24N2OS/c1-14-2-4-15(5-3-14)13-24-20(12-18-8-9-26-22(18)24)21(25)23-19-11-16-6-7-17(19)10-16/h2-5,8-9,12,16-17,19H,6-7,10-11,13H2,1H3,(H,23,25)/t16-,17-,19-/m0/s1. The van der Waals surface area contributed by atoms with Crippen molar-refractivity contribution in [3.05, 3.63) is 58.6 Å². The first kappa shape index (κ1) is 16.1. The fourth-order valence-electron chi connectivity index (χ4n) is 4.86. The fraction of sp³-hybridized carbons (Fsp3) is 0.409. The first-order valence-corrected chi connectivity index (χ1v) is 10.5. The SMILES string of the molecule is Cc1ccc(Cn2c(C(=O)N[C@H]3C[C@H]4CC[C@H]3C4)cc3ccsc32)cc1. The van der Waals surface area contributed by atoms with Crippen molar-refractivity contribution in [1.29, 1.82) is 0 Å². The minimum Gasteiger partial charge on any atom is -0.348 e. The number of rotatable bonds is 4. The third-order valence-corrected chi connectivity index (χ3v) is 7.20. The van der Waals surface area contributed by atoms with Crippen molar-refractivity contribution in [3.63, 3.8) is 0 Å². The van der Waals surface area contributed by atoms with Crippen LogP contribution in [0.1, 0.15) is 47.3 Å². The summed E-state index contributed by atoms with van der Waals surface area (Å²) in [5.41, 5.74) is 3.29. The molecule has 26 heavy (non-hydrogen) atoms. The second kappa shape index (κ2) is 6.27. The van der Waals surface area contributed by atoms with Crippen LogP contribution < -0.4 is 5.32 Å². The zero-order valence-electron chi connectivity index (χ0n) is 15.1. The molecule has 2 saturated carbocycles. The predicted octanol–water partition coefficient (Wildman–Crippen LogP) is 4.98. The number of amides is 1. The van der Waals surface area contributed by atoms with Crippen molar-refractivity contribution in [2.24, 2.45) is 11.8 Å². The Hall–Kier alpha value is -2.07. The lowest BCUT2D eigenvalue weighted by Crippen LogP contribution is -2.39. The summed E-state index contributed by atoms with van der Waals surface area (Å²) >= 11 is 1.71. The Balaban J connectivity index is 1.44. The smallest absolute Gasteiger partial charge is 0.268 e. The zero-order valence-corrected chi connectivity index (χ0v) is 15.9. The number of aryl methyl sites for hydroxylation is 1. The van der Waals surface area contributed by atoms with E-state index >= 15 is 0 Å². The molecule has 5 rings (SSSR count). The largest absolute Gasteiger partial charge is 0.348 e. The van der Waals surface area contributed by atoms with Gasteiger partial charge < -0.3 is 9.88 Å². The summed E-state index contributed by atoms with van der Waals surface area (Å²) in [6.07, 6.45) is 5.12. The molecule has 2 aromatic heterocycles. The average molecular weight is 365 g/mol. The molecule has 1 N–H and O–H groups in total. The van der Waals surface area contributed by atoms with Crippen molar-refractivity contribution in [1.82, 2.24) is 9.88 Å². The van der Waals surface area contributed by atoms with Gasteiger partial charge in [0.05, 0.1) is 0 Å². The van der Waals surface area contributed by atoms with Gasteiger partial charge in [-0.3, -0.25) is 4.79 Å². The third kappa shape index (κ3) is 2.77. The van der Waals surface area contributed by atoms with Crippen molar-refractivity contribution >= 4 is 27.5 Å². The molecule has 0 aliphatic heterocycles. The van der Waals surface area contributed by atoms with Gasteiger partial charge >= 0.3 is 0 Å². The topological polar surface area (TPSA) is 34.0 Å². The highest BCUT2D eigenvalue weighted by atomic mass is 32.1. The Morgan fingerprint density at radius 3 is 2.77 bits per heavy atom. The van der Waals surface area contributed by atoms with Gasteiger partial charge in [-0.2, -0.15) is 0 Å². The number of aromatic nitrogens is 1. The maximum Gasteiger partial charge on any atom is 0.268 e. The summed E-state index contributed by atoms with van der Waals surface area (Å²) in [5.74, 6) is 1.64. The summed E-state index contributed by atoms with van der Waals surface area (Å²) in [6, 6.07) is 13.1. The second-order valence-corrected chi connectivity index (χ2v) is 8.93. The normalized spacial score (nSPS) is 24.4. The predicted molar refractivity (Wildman–Crippen MR) is 107 cm³/mol. The molecule has 3 nitrogen and oxygen atoms in total. The van der Waals surface area contributed by atoms with E-state index in [4.69, 9.17) is 0 Å². The van der Waals surface area contributed by atoms with Gasteiger partial charge in [-0.05, 0) is 61.1 Å². The number of nitrogens with one attached hydrogen (secondary N) is 1. The van der Waals surface area contributed by atoms with Crippen LogP contribution in [0.25, 0.3) is 10.2 Å². The number of nitrogens with zero attached hydrogens (tertiary/aromatic N) is 1. The number of hydrogen-bond donors (Lipinski definition) is 1. The zero-order chi connectivity index (χ0) is 17.7. The molecule has 4 heteroatoms. The number of thiophene rings is 1. The molecule has 3 aromatic rings. The molecular weight excluding hydrogens is 340 g/mol. The lowest BCUT2D eigenvalue weighted by Gasteiger charge is -2.23. The van der Waals surface area contributed by atoms with Gasteiger partial charge in [0, 0.05) is 18.0 Å². The first-order chi connectivity index (χ1) is 12.7. The highest BCUT2D eigenvalue weighted by molar-refractivity contribution is 7.16. The molecule has 1 amide bonds. The highest BCUT2D eigenvalue weighted by Gasteiger charge is 2.40. The van der Waals surface area contributed by atoms with E-state index in [2.05, 4.69) is 58.6 Å². The van der Waals surface area contributed by atoms with Gasteiger partial charge in [0.25, 0.3) is 5.91 Å². The molecule has 0 unspecified atom stereocenters. The number of hydrogen-bond acceptors (Lipinski definition) is 2. The summed E-state index contributed by atoms with van der Waals surface area (Å²) in [6.45, 7) is 2.84. The number of fused-ring (bicyclic) bond motifs is 3. The molecular formula is C22H24N2OS. The van der Waals surface area contributed by atoms with Crippen LogP contribution >= 0.6 is 11.3 Å². The Bertz CT molecular complexity index is 952. The lowest BCUT2D eigenvalue weighted by molar-refractivity contribution is 0.0914. The van der Waals surface area contributed by atoms with E-state index in [1.807, 2.05) is 0 Å². The summed E-state index contributed by atoms with van der Waals surface area (Å²) in [5, 5.41) is 6.63. The van der Waals surface area contributed by atoms with Crippen molar-refractivity contribution < 1.29 is 4.79 Å². The van der Waals surface area contributed by atoms with E-state index in [1.54, 1.807) is 11.3 Å². The van der Waals surface area contributed by atoms with Gasteiger partial charge in [-0.15, -0.1) is 11.3 Å². The maximum absolute atomic E-state index is 13.1. The Morgan fingerprint density at radius 1 is 1.19 bits per heavy atom. The lowest BCUT2D eigenvalue weighted by atomic mass is 9.95. The Morgan fingerprint density at radius 2 is 2.04 bits per heavy atom. The van der Waals surface area contributed by atoms with E-state index in [0.29, 0.717) is 12.0 Å². The summed E-state index contributed by atoms with van der Waals surface area (Å²) in [7, 11) is 0. The first-order valence-electron chi connectivity index (χ1n) is 9.60. The number of carbonyl (C=O) groups is 1. The third-order valence-electron chi connectivity index (χ3n) is 6.25. The maximum atomic E-state index is 13.1. The van der Waals surface area contributed by atoms with Crippen LogP contribution in [0.2, 0.25) is 0 Å². The van der Waals surface area contributed by atoms with Gasteiger partial charge in [0.15, 0.2) is 0 Å². The molecule has 2 bridgehead atoms. The summed E-state index contributed by atoms with van der Waals surface area (Å²) < 4.78 is 2.19. The van der Waals surface area contributed by atoms with Crippen LogP contribution in [0.15, 0.2) is 41.8 Å². The minimum atomic E-state index is 0.0954. The van der Waals surface area contributed by atoms with E-state index < -0.39 is 0 Å². The van der Waals surface area contributed by atoms with Gasteiger partial charge in [0.1, 0.15) is 10.5 Å². The highest BCUT2D eigenvalue weighted by Crippen LogP contribution is 2.44. The molecule has 3 atom stereocenters. The number of benzene rings is 1. The van der Waals surface area contributed by atoms with Gasteiger partial charge in [-0.25, -0.2) is 0 Å². The van der Waals surface area contributed by atoms with E-state index in [0.717, 1.165) is 18.2 Å². The molecule has 0 spiro atoms. The van der Waals surface area contributed by atoms with Crippen LogP contribution in [0.3, 0.4) is 0 Å². The fourth-order valence-corrected chi connectivity index (χ4v) is 5.76. The molecule has 0 radical (unpaired) electrons. The summed E-state index contributed by atoms with van der Waals surface area (Å²) in [4.78, 5) is 14.3. The quantitative estimate of drug-likeness (QED) is 0.696. The van der Waals surface area contributed by atoms with Crippen molar-refractivity contribution in [2.75, 3.05) is 0 Å². The van der Waals surface area contributed by atoms with Crippen LogP contribution in [0.5, 0.6) is 0 Å². The monoisotopic (exact) mass is 364 g/mol. The molecule has 0 saturated heterocycles. The van der Waals surface area contributed by atoms with Crippen LogP contribution in [-0.2, 0) is 6.54 Å². The average Bonchev–Trinajstić information content (AvgIpc) is 3.39. The van der Waals surface area contributed by atoms with E-state index in [-0.39, 0.29) is 5.91 Å². The second-order valence-electron chi connectivity index (χ2n) is 8.04. The van der Waals surface area contributed by atoms with Crippen LogP contribution in [0.4, 0.5) is 0 Å². The molecule has 134 valence electrons. The van der Waals surface area contributed by atoms with Gasteiger partial charge in [-0.1, -0.05) is 36.2 Å². The Labute approximate surface area is 158 Å². The molecule has 2 heterocycles. The van der Waals surface area contributed by atoms with Crippen molar-refractivity contribution in [3.8, 4) is 0 Å².